The van der Waals surface area contributed by atoms with Gasteiger partial charge in [0.25, 0.3) is 0 Å². The molecule has 0 aromatic heterocycles. The molecule has 5 heteroatoms. The van der Waals surface area contributed by atoms with Crippen molar-refractivity contribution in [3.05, 3.63) is 64.2 Å². The maximum absolute atomic E-state index is 10.1. The van der Waals surface area contributed by atoms with Gasteiger partial charge in [0.05, 0.1) is 31.0 Å². The van der Waals surface area contributed by atoms with Gasteiger partial charge in [-0.3, -0.25) is 0 Å². The van der Waals surface area contributed by atoms with Gasteiger partial charge in [-0.25, -0.2) is 0 Å². The van der Waals surface area contributed by atoms with E-state index in [0.29, 0.717) is 32.2 Å². The minimum absolute atomic E-state index is 0.0603. The van der Waals surface area contributed by atoms with E-state index in [1.807, 2.05) is 31.2 Å². The van der Waals surface area contributed by atoms with E-state index in [9.17, 15) is 5.11 Å². The third-order valence-electron chi connectivity index (χ3n) is 5.48. The van der Waals surface area contributed by atoms with Gasteiger partial charge in [0.15, 0.2) is 0 Å². The molecule has 4 rings (SSSR count). The first kappa shape index (κ1) is 20.7. The van der Waals surface area contributed by atoms with E-state index < -0.39 is 0 Å². The largest absolute Gasteiger partial charge is 0.491 e. The van der Waals surface area contributed by atoms with Crippen molar-refractivity contribution in [2.75, 3.05) is 13.2 Å². The zero-order valence-corrected chi connectivity index (χ0v) is 17.6. The monoisotopic (exact) mass is 416 g/mol. The van der Waals surface area contributed by atoms with Crippen LogP contribution < -0.4 is 4.74 Å². The SMILES string of the molecule is CC1CC(O)CC(c2ccc(Cl)c(Cc3ccc(OCCOC4CC4)cc3)c2)O1. The summed E-state index contributed by atoms with van der Waals surface area (Å²) in [5, 5.41) is 10.8. The zero-order valence-electron chi connectivity index (χ0n) is 16.9. The van der Waals surface area contributed by atoms with E-state index in [1.165, 1.54) is 18.4 Å². The van der Waals surface area contributed by atoms with E-state index in [0.717, 1.165) is 28.3 Å². The Kier molecular flexibility index (Phi) is 6.76. The van der Waals surface area contributed by atoms with Gasteiger partial charge in [-0.15, -0.1) is 0 Å². The molecule has 2 aliphatic rings. The summed E-state index contributed by atoms with van der Waals surface area (Å²) in [7, 11) is 0. The van der Waals surface area contributed by atoms with E-state index in [-0.39, 0.29) is 18.3 Å². The van der Waals surface area contributed by atoms with Gasteiger partial charge in [0, 0.05) is 11.4 Å². The summed E-state index contributed by atoms with van der Waals surface area (Å²) in [5.41, 5.74) is 3.31. The number of halogens is 1. The predicted molar refractivity (Wildman–Crippen MR) is 114 cm³/mol. The van der Waals surface area contributed by atoms with Gasteiger partial charge in [0.1, 0.15) is 12.4 Å². The summed E-state index contributed by atoms with van der Waals surface area (Å²) >= 11 is 6.46. The molecule has 4 nitrogen and oxygen atoms in total. The van der Waals surface area contributed by atoms with Crippen LogP contribution in [0.5, 0.6) is 5.75 Å². The molecular formula is C24H29ClO4. The van der Waals surface area contributed by atoms with Crippen LogP contribution in [0.15, 0.2) is 42.5 Å². The molecule has 0 spiro atoms. The number of hydrogen-bond acceptors (Lipinski definition) is 4. The summed E-state index contributed by atoms with van der Waals surface area (Å²) in [6.07, 6.45) is 4.55. The zero-order chi connectivity index (χ0) is 20.2. The molecule has 1 aliphatic carbocycles. The van der Waals surface area contributed by atoms with Gasteiger partial charge in [-0.1, -0.05) is 35.9 Å². The van der Waals surface area contributed by atoms with Crippen molar-refractivity contribution < 1.29 is 19.3 Å². The van der Waals surface area contributed by atoms with Gasteiger partial charge in [-0.2, -0.15) is 0 Å². The first-order valence-corrected chi connectivity index (χ1v) is 10.9. The van der Waals surface area contributed by atoms with Crippen LogP contribution in [0.1, 0.15) is 55.4 Å². The Balaban J connectivity index is 1.36. The molecule has 0 radical (unpaired) electrons. The Bertz CT molecular complexity index is 793. The highest BCUT2D eigenvalue weighted by molar-refractivity contribution is 6.31. The Morgan fingerprint density at radius 1 is 1.07 bits per heavy atom. The highest BCUT2D eigenvalue weighted by Gasteiger charge is 2.27. The molecule has 2 fully saturated rings. The number of benzene rings is 2. The average molecular weight is 417 g/mol. The molecule has 1 saturated heterocycles. The third-order valence-corrected chi connectivity index (χ3v) is 5.84. The second-order valence-corrected chi connectivity index (χ2v) is 8.56. The first-order chi connectivity index (χ1) is 14.1. The normalized spacial score (nSPS) is 24.4. The van der Waals surface area contributed by atoms with Crippen LogP contribution in [0.3, 0.4) is 0 Å². The number of aliphatic hydroxyl groups excluding tert-OH is 1. The first-order valence-electron chi connectivity index (χ1n) is 10.5. The Labute approximate surface area is 177 Å². The minimum atomic E-state index is -0.315. The third kappa shape index (κ3) is 5.95. The molecule has 1 heterocycles. The van der Waals surface area contributed by atoms with E-state index >= 15 is 0 Å². The number of ether oxygens (including phenoxy) is 3. The van der Waals surface area contributed by atoms with Crippen molar-refractivity contribution in [2.24, 2.45) is 0 Å². The number of hydrogen-bond donors (Lipinski definition) is 1. The van der Waals surface area contributed by atoms with Crippen LogP contribution >= 0.6 is 11.6 Å². The molecule has 1 N–H and O–H groups in total. The van der Waals surface area contributed by atoms with Crippen LogP contribution in [0.25, 0.3) is 0 Å². The van der Waals surface area contributed by atoms with Crippen molar-refractivity contribution in [1.29, 1.82) is 0 Å². The molecule has 0 amide bonds. The predicted octanol–water partition coefficient (Wildman–Crippen LogP) is 5.09. The van der Waals surface area contributed by atoms with Crippen LogP contribution in [0, 0.1) is 0 Å². The Hall–Kier alpha value is -1.59. The fourth-order valence-electron chi connectivity index (χ4n) is 3.80. The molecule has 29 heavy (non-hydrogen) atoms. The summed E-state index contributed by atoms with van der Waals surface area (Å²) in [5.74, 6) is 0.853. The quantitative estimate of drug-likeness (QED) is 0.609. The maximum atomic E-state index is 10.1. The number of rotatable bonds is 8. The topological polar surface area (TPSA) is 47.9 Å². The van der Waals surface area contributed by atoms with Gasteiger partial charge in [0.2, 0.25) is 0 Å². The van der Waals surface area contributed by atoms with E-state index in [2.05, 4.69) is 18.2 Å². The lowest BCUT2D eigenvalue weighted by molar-refractivity contribution is -0.0895. The van der Waals surface area contributed by atoms with Gasteiger partial charge >= 0.3 is 0 Å². The summed E-state index contributed by atoms with van der Waals surface area (Å²) in [6.45, 7) is 3.23. The van der Waals surface area contributed by atoms with Crippen molar-refractivity contribution in [1.82, 2.24) is 0 Å². The molecule has 156 valence electrons. The maximum Gasteiger partial charge on any atom is 0.119 e. The van der Waals surface area contributed by atoms with Crippen LogP contribution in [0.4, 0.5) is 0 Å². The second-order valence-electron chi connectivity index (χ2n) is 8.15. The summed E-state index contributed by atoms with van der Waals surface area (Å²) in [6, 6.07) is 14.2. The average Bonchev–Trinajstić information content (AvgIpc) is 3.52. The van der Waals surface area contributed by atoms with Gasteiger partial charge < -0.3 is 19.3 Å². The van der Waals surface area contributed by atoms with Crippen molar-refractivity contribution in [2.45, 2.75) is 63.4 Å². The molecule has 1 aliphatic heterocycles. The second kappa shape index (κ2) is 9.48. The highest BCUT2D eigenvalue weighted by atomic mass is 35.5. The molecule has 2 aromatic rings. The lowest BCUT2D eigenvalue weighted by atomic mass is 9.94. The fraction of sp³-hybridized carbons (Fsp3) is 0.500. The Morgan fingerprint density at radius 3 is 2.59 bits per heavy atom. The van der Waals surface area contributed by atoms with Crippen LogP contribution in [0.2, 0.25) is 5.02 Å². The molecule has 2 aromatic carbocycles. The molecule has 0 bridgehead atoms. The fourth-order valence-corrected chi connectivity index (χ4v) is 3.98. The molecule has 3 atom stereocenters. The van der Waals surface area contributed by atoms with Crippen molar-refractivity contribution >= 4 is 11.6 Å². The lowest BCUT2D eigenvalue weighted by Crippen LogP contribution is -2.29. The standard InChI is InChI=1S/C24H29ClO4/c1-16-12-20(26)15-24(29-16)18-4-9-23(25)19(14-18)13-17-2-5-21(6-3-17)27-10-11-28-22-7-8-22/h2-6,9,14,16,20,22,24,26H,7-8,10-13,15H2,1H3. The molecule has 3 unspecified atom stereocenters. The van der Waals surface area contributed by atoms with Crippen molar-refractivity contribution in [3.63, 3.8) is 0 Å². The smallest absolute Gasteiger partial charge is 0.119 e. The van der Waals surface area contributed by atoms with Crippen LogP contribution in [-0.2, 0) is 15.9 Å². The van der Waals surface area contributed by atoms with Crippen LogP contribution in [-0.4, -0.2) is 36.6 Å². The number of aliphatic hydroxyl groups is 1. The summed E-state index contributed by atoms with van der Waals surface area (Å²) in [4.78, 5) is 0. The minimum Gasteiger partial charge on any atom is -0.491 e. The van der Waals surface area contributed by atoms with E-state index in [4.69, 9.17) is 25.8 Å². The van der Waals surface area contributed by atoms with E-state index in [1.54, 1.807) is 0 Å². The highest BCUT2D eigenvalue weighted by Crippen LogP contribution is 2.33. The van der Waals surface area contributed by atoms with Crippen molar-refractivity contribution in [3.8, 4) is 5.75 Å². The van der Waals surface area contributed by atoms with Gasteiger partial charge in [-0.05, 0) is 67.5 Å². The lowest BCUT2D eigenvalue weighted by Gasteiger charge is -2.31. The molecular weight excluding hydrogens is 388 g/mol. The molecule has 1 saturated carbocycles. The summed E-state index contributed by atoms with van der Waals surface area (Å²) < 4.78 is 17.4. The Morgan fingerprint density at radius 2 is 1.86 bits per heavy atom.